The Balaban J connectivity index is 0.00000182. The quantitative estimate of drug-likeness (QED) is 0.330. The fourth-order valence-corrected chi connectivity index (χ4v) is 2.97. The number of halogens is 2. The van der Waals surface area contributed by atoms with Gasteiger partial charge in [0.2, 0.25) is 5.95 Å². The highest BCUT2D eigenvalue weighted by Gasteiger charge is 2.34. The molecule has 146 valence electrons. The molecule has 1 aromatic carbocycles. The molecule has 0 unspecified atom stereocenters. The lowest BCUT2D eigenvalue weighted by atomic mass is 9.90. The van der Waals surface area contributed by atoms with Crippen molar-refractivity contribution in [3.63, 3.8) is 0 Å². The van der Waals surface area contributed by atoms with E-state index in [1.54, 1.807) is 12.4 Å². The van der Waals surface area contributed by atoms with Crippen LogP contribution in [0.1, 0.15) is 17.5 Å². The van der Waals surface area contributed by atoms with E-state index >= 15 is 0 Å². The van der Waals surface area contributed by atoms with Crippen molar-refractivity contribution < 1.29 is 10.0 Å². The molecule has 0 spiro atoms. The molecule has 1 aromatic heterocycles. The molecule has 1 amide bonds. The second-order valence-corrected chi connectivity index (χ2v) is 6.14. The van der Waals surface area contributed by atoms with Gasteiger partial charge in [0, 0.05) is 30.6 Å². The number of hydrogen-bond acceptors (Lipinski definition) is 6. The molecular formula is C18H23Cl2N5O2. The molecule has 1 aliphatic heterocycles. The predicted octanol–water partition coefficient (Wildman–Crippen LogP) is 2.23. The van der Waals surface area contributed by atoms with Gasteiger partial charge in [-0.15, -0.1) is 24.8 Å². The largest absolute Gasteiger partial charge is 0.347 e. The number of hydrogen-bond donors (Lipinski definition) is 4. The number of nitrogens with one attached hydrogen (secondary N) is 3. The van der Waals surface area contributed by atoms with E-state index in [1.807, 2.05) is 18.2 Å². The maximum absolute atomic E-state index is 11.0. The summed E-state index contributed by atoms with van der Waals surface area (Å²) in [5, 5.41) is 15.4. The minimum Gasteiger partial charge on any atom is -0.347 e. The molecule has 7 nitrogen and oxygen atoms in total. The summed E-state index contributed by atoms with van der Waals surface area (Å²) < 4.78 is 0. The highest BCUT2D eigenvalue weighted by molar-refractivity contribution is 5.90. The van der Waals surface area contributed by atoms with Gasteiger partial charge in [-0.3, -0.25) is 10.0 Å². The molecule has 0 aliphatic carbocycles. The number of hydroxylamine groups is 1. The Morgan fingerprint density at radius 3 is 2.52 bits per heavy atom. The van der Waals surface area contributed by atoms with E-state index in [9.17, 15) is 4.79 Å². The number of rotatable bonds is 6. The van der Waals surface area contributed by atoms with Gasteiger partial charge < -0.3 is 10.6 Å². The lowest BCUT2D eigenvalue weighted by Crippen LogP contribution is -2.43. The van der Waals surface area contributed by atoms with Gasteiger partial charge >= 0.3 is 0 Å². The van der Waals surface area contributed by atoms with Crippen LogP contribution in [0.5, 0.6) is 0 Å². The molecule has 3 rings (SSSR count). The normalized spacial score (nSPS) is 18.4. The van der Waals surface area contributed by atoms with Crippen molar-refractivity contribution in [2.45, 2.75) is 18.4 Å². The molecule has 1 atom stereocenters. The highest BCUT2D eigenvalue weighted by Crippen LogP contribution is 2.24. The molecule has 0 saturated carbocycles. The van der Waals surface area contributed by atoms with Gasteiger partial charge in [-0.1, -0.05) is 30.3 Å². The third kappa shape index (κ3) is 6.48. The van der Waals surface area contributed by atoms with E-state index in [1.165, 1.54) is 23.2 Å². The summed E-state index contributed by atoms with van der Waals surface area (Å²) in [5.41, 5.74) is 3.37. The van der Waals surface area contributed by atoms with Crippen LogP contribution in [0.4, 0.5) is 5.95 Å². The molecule has 27 heavy (non-hydrogen) atoms. The minimum atomic E-state index is -0.596. The van der Waals surface area contributed by atoms with Gasteiger partial charge in [0.15, 0.2) is 0 Å². The van der Waals surface area contributed by atoms with Crippen LogP contribution in [0, 0.1) is 0 Å². The number of benzene rings is 1. The highest BCUT2D eigenvalue weighted by atomic mass is 35.5. The number of nitrogens with zero attached hydrogens (tertiary/aromatic N) is 2. The summed E-state index contributed by atoms with van der Waals surface area (Å²) in [5.74, 6) is -0.0376. The molecular weight excluding hydrogens is 389 g/mol. The SMILES string of the molecule is Cl.Cl.O=C(/C=C/c1cnc(N[C@]2(Cc3ccccc3)CCNC2)nc1)NO. The maximum atomic E-state index is 11.0. The van der Waals surface area contributed by atoms with Gasteiger partial charge in [-0.2, -0.15) is 0 Å². The summed E-state index contributed by atoms with van der Waals surface area (Å²) in [6.45, 7) is 1.81. The molecule has 0 bridgehead atoms. The molecule has 0 radical (unpaired) electrons. The van der Waals surface area contributed by atoms with Gasteiger partial charge in [0.25, 0.3) is 5.91 Å². The van der Waals surface area contributed by atoms with Crippen LogP contribution in [-0.4, -0.2) is 39.7 Å². The minimum absolute atomic E-state index is 0. The summed E-state index contributed by atoms with van der Waals surface area (Å²) >= 11 is 0. The Bertz CT molecular complexity index is 735. The van der Waals surface area contributed by atoms with Crippen LogP contribution in [0.3, 0.4) is 0 Å². The maximum Gasteiger partial charge on any atom is 0.267 e. The first kappa shape index (κ1) is 22.9. The van der Waals surface area contributed by atoms with Crippen LogP contribution >= 0.6 is 24.8 Å². The summed E-state index contributed by atoms with van der Waals surface area (Å²) in [6, 6.07) is 10.4. The van der Waals surface area contributed by atoms with E-state index in [-0.39, 0.29) is 30.4 Å². The summed E-state index contributed by atoms with van der Waals surface area (Å²) in [7, 11) is 0. The van der Waals surface area contributed by atoms with Gasteiger partial charge in [0.05, 0.1) is 5.54 Å². The smallest absolute Gasteiger partial charge is 0.267 e. The number of carbonyl (C=O) groups excluding carboxylic acids is 1. The fraction of sp³-hybridized carbons (Fsp3) is 0.278. The molecule has 1 aliphatic rings. The fourth-order valence-electron chi connectivity index (χ4n) is 2.97. The van der Waals surface area contributed by atoms with E-state index < -0.39 is 5.91 Å². The van der Waals surface area contributed by atoms with Crippen LogP contribution in [0.15, 0.2) is 48.8 Å². The average Bonchev–Trinajstić information content (AvgIpc) is 3.09. The van der Waals surface area contributed by atoms with Crippen molar-refractivity contribution in [1.29, 1.82) is 0 Å². The van der Waals surface area contributed by atoms with Crippen molar-refractivity contribution in [3.8, 4) is 0 Å². The van der Waals surface area contributed by atoms with Gasteiger partial charge in [-0.05, 0) is 31.0 Å². The standard InChI is InChI=1S/C18H21N5O2.2ClH/c24-16(23-25)7-6-15-11-20-17(21-12-15)22-18(8-9-19-13-18)10-14-4-2-1-3-5-14;;/h1-7,11-12,19,25H,8-10,13H2,(H,23,24)(H,20,21,22);2*1H/b7-6+;;/t18-;;/m0../s1. The first-order valence-corrected chi connectivity index (χ1v) is 8.16. The van der Waals surface area contributed by atoms with Crippen molar-refractivity contribution in [2.75, 3.05) is 18.4 Å². The molecule has 2 heterocycles. The molecule has 9 heteroatoms. The topological polar surface area (TPSA) is 99.2 Å². The number of amides is 1. The van der Waals surface area contributed by atoms with Crippen LogP contribution in [0.2, 0.25) is 0 Å². The third-order valence-electron chi connectivity index (χ3n) is 4.22. The zero-order valence-corrected chi connectivity index (χ0v) is 16.2. The molecule has 1 fully saturated rings. The summed E-state index contributed by atoms with van der Waals surface area (Å²) in [4.78, 5) is 19.7. The van der Waals surface area contributed by atoms with Gasteiger partial charge in [-0.25, -0.2) is 15.4 Å². The molecule has 1 saturated heterocycles. The lowest BCUT2D eigenvalue weighted by Gasteiger charge is -2.30. The Kier molecular flexibility index (Phi) is 9.17. The lowest BCUT2D eigenvalue weighted by molar-refractivity contribution is -0.124. The van der Waals surface area contributed by atoms with Crippen LogP contribution < -0.4 is 16.1 Å². The Morgan fingerprint density at radius 1 is 1.22 bits per heavy atom. The van der Waals surface area contributed by atoms with Crippen molar-refractivity contribution in [2.24, 2.45) is 0 Å². The van der Waals surface area contributed by atoms with E-state index in [2.05, 4.69) is 32.7 Å². The third-order valence-corrected chi connectivity index (χ3v) is 4.22. The summed E-state index contributed by atoms with van der Waals surface area (Å²) in [6.07, 6.45) is 7.89. The zero-order valence-electron chi connectivity index (χ0n) is 14.6. The molecule has 2 aromatic rings. The Labute approximate surface area is 170 Å². The second kappa shape index (κ2) is 10.8. The first-order chi connectivity index (χ1) is 12.2. The van der Waals surface area contributed by atoms with E-state index in [4.69, 9.17) is 5.21 Å². The monoisotopic (exact) mass is 411 g/mol. The average molecular weight is 412 g/mol. The van der Waals surface area contributed by atoms with E-state index in [0.717, 1.165) is 25.9 Å². The Morgan fingerprint density at radius 2 is 1.93 bits per heavy atom. The van der Waals surface area contributed by atoms with E-state index in [0.29, 0.717) is 11.5 Å². The van der Waals surface area contributed by atoms with Crippen LogP contribution in [0.25, 0.3) is 6.08 Å². The molecule has 4 N–H and O–H groups in total. The van der Waals surface area contributed by atoms with Gasteiger partial charge in [0.1, 0.15) is 0 Å². The zero-order chi connectivity index (χ0) is 17.5. The number of carbonyl (C=O) groups is 1. The number of aromatic nitrogens is 2. The predicted molar refractivity (Wildman–Crippen MR) is 109 cm³/mol. The van der Waals surface area contributed by atoms with Crippen LogP contribution in [-0.2, 0) is 11.2 Å². The van der Waals surface area contributed by atoms with Crippen molar-refractivity contribution >= 4 is 42.7 Å². The first-order valence-electron chi connectivity index (χ1n) is 8.16. The second-order valence-electron chi connectivity index (χ2n) is 6.14. The Hall–Kier alpha value is -2.19. The van der Waals surface area contributed by atoms with Crippen molar-refractivity contribution in [1.82, 2.24) is 20.8 Å². The number of anilines is 1. The van der Waals surface area contributed by atoms with Crippen molar-refractivity contribution in [3.05, 3.63) is 59.9 Å².